The minimum atomic E-state index is -5.11. The number of carbonyl (C=O) groups excluding carboxylic acids is 1. The van der Waals surface area contributed by atoms with Crippen molar-refractivity contribution in [3.05, 3.63) is 0 Å². The Morgan fingerprint density at radius 1 is 0.554 bits per heavy atom. The first-order valence-corrected chi connectivity index (χ1v) is 28.4. The van der Waals surface area contributed by atoms with Crippen LogP contribution in [0.5, 0.6) is 0 Å². The van der Waals surface area contributed by atoms with Gasteiger partial charge in [-0.2, -0.15) is 8.42 Å². The molecule has 0 aliphatic carbocycles. The lowest BCUT2D eigenvalue weighted by Crippen LogP contribution is -2.61. The summed E-state index contributed by atoms with van der Waals surface area (Å²) >= 11 is 0. The minimum Gasteiger partial charge on any atom is -0.394 e. The second kappa shape index (κ2) is 42.0. The Kier molecular flexibility index (Phi) is 40.1. The first-order valence-electron chi connectivity index (χ1n) is 27.0. The molecule has 7 N–H and O–H groups in total. The zero-order valence-electron chi connectivity index (χ0n) is 41.4. The first-order chi connectivity index (χ1) is 31.4. The first kappa shape index (κ1) is 62.1. The fourth-order valence-electron chi connectivity index (χ4n) is 9.00. The van der Waals surface area contributed by atoms with Crippen molar-refractivity contribution < 1.29 is 57.0 Å². The second-order valence-corrected chi connectivity index (χ2v) is 20.4. The van der Waals surface area contributed by atoms with E-state index in [1.807, 2.05) is 0 Å². The number of hydrogen-bond donors (Lipinski definition) is 7. The zero-order valence-corrected chi connectivity index (χ0v) is 42.3. The summed E-state index contributed by atoms with van der Waals surface area (Å²) in [5.41, 5.74) is 0. The molecule has 8 atom stereocenters. The largest absolute Gasteiger partial charge is 0.397 e. The molecule has 1 aliphatic heterocycles. The molecule has 0 aromatic rings. The van der Waals surface area contributed by atoms with Gasteiger partial charge in [0.05, 0.1) is 25.4 Å². The van der Waals surface area contributed by atoms with Crippen LogP contribution >= 0.6 is 0 Å². The molecule has 1 aliphatic rings. The van der Waals surface area contributed by atoms with Crippen molar-refractivity contribution in [3.8, 4) is 0 Å². The molecule has 0 spiro atoms. The molecule has 0 radical (unpaired) electrons. The lowest BCUT2D eigenvalue weighted by atomic mass is 9.99. The van der Waals surface area contributed by atoms with E-state index in [0.29, 0.717) is 19.3 Å². The van der Waals surface area contributed by atoms with E-state index in [1.165, 1.54) is 180 Å². The third-order valence-electron chi connectivity index (χ3n) is 13.3. The van der Waals surface area contributed by atoms with Gasteiger partial charge in [0, 0.05) is 0 Å². The number of amides is 1. The van der Waals surface area contributed by atoms with E-state index in [4.69, 9.17) is 9.47 Å². The SMILES string of the molecule is CCCCCCCCCCCCCCCCCCCCCC(O)C(=O)NC(COC1OC(CO)C(O)C(OS(=O)(=O)O)C1O)C(O)CCCCCCCCCCCCCCCCCCC. The predicted molar refractivity (Wildman–Crippen MR) is 261 cm³/mol. The van der Waals surface area contributed by atoms with E-state index < -0.39 is 78.5 Å². The van der Waals surface area contributed by atoms with Crippen LogP contribution in [0, 0.1) is 0 Å². The number of ether oxygens (including phenoxy) is 2. The molecule has 388 valence electrons. The molecule has 8 unspecified atom stereocenters. The molecule has 13 nitrogen and oxygen atoms in total. The maximum absolute atomic E-state index is 13.2. The summed E-state index contributed by atoms with van der Waals surface area (Å²) in [5.74, 6) is -0.663. The van der Waals surface area contributed by atoms with Gasteiger partial charge in [0.15, 0.2) is 6.29 Å². The van der Waals surface area contributed by atoms with E-state index >= 15 is 0 Å². The molecule has 1 heterocycles. The summed E-state index contributed by atoms with van der Waals surface area (Å²) in [6.45, 7) is 3.32. The summed E-state index contributed by atoms with van der Waals surface area (Å²) in [4.78, 5) is 13.2. The highest BCUT2D eigenvalue weighted by molar-refractivity contribution is 7.80. The van der Waals surface area contributed by atoms with Gasteiger partial charge in [0.2, 0.25) is 5.91 Å². The summed E-state index contributed by atoms with van der Waals surface area (Å²) in [6, 6.07) is -1.03. The molecule has 65 heavy (non-hydrogen) atoms. The lowest BCUT2D eigenvalue weighted by Gasteiger charge is -2.41. The van der Waals surface area contributed by atoms with Gasteiger partial charge in [-0.25, -0.2) is 4.18 Å². The van der Waals surface area contributed by atoms with Crippen LogP contribution in [0.25, 0.3) is 0 Å². The number of rotatable bonds is 47. The third kappa shape index (κ3) is 34.1. The smallest absolute Gasteiger partial charge is 0.394 e. The van der Waals surface area contributed by atoms with Crippen molar-refractivity contribution in [3.63, 3.8) is 0 Å². The molecular formula is C51H101NO12S. The van der Waals surface area contributed by atoms with Crippen LogP contribution in [0.3, 0.4) is 0 Å². The van der Waals surface area contributed by atoms with Crippen molar-refractivity contribution in [2.24, 2.45) is 0 Å². The van der Waals surface area contributed by atoms with Gasteiger partial charge in [-0.05, 0) is 12.8 Å². The minimum absolute atomic E-state index is 0.267. The van der Waals surface area contributed by atoms with Gasteiger partial charge in [0.1, 0.15) is 30.5 Å². The lowest BCUT2D eigenvalue weighted by molar-refractivity contribution is -0.298. The van der Waals surface area contributed by atoms with Crippen molar-refractivity contribution in [2.75, 3.05) is 13.2 Å². The van der Waals surface area contributed by atoms with Gasteiger partial charge in [-0.1, -0.05) is 245 Å². The second-order valence-electron chi connectivity index (χ2n) is 19.3. The Morgan fingerprint density at radius 2 is 0.892 bits per heavy atom. The maximum atomic E-state index is 13.2. The Hall–Kier alpha value is -0.940. The van der Waals surface area contributed by atoms with Crippen LogP contribution in [0.2, 0.25) is 0 Å². The summed E-state index contributed by atoms with van der Waals surface area (Å²) in [5, 5.41) is 55.6. The average Bonchev–Trinajstić information content (AvgIpc) is 3.28. The molecule has 1 amide bonds. The highest BCUT2D eigenvalue weighted by atomic mass is 32.3. The van der Waals surface area contributed by atoms with E-state index in [2.05, 4.69) is 23.3 Å². The monoisotopic (exact) mass is 952 g/mol. The zero-order chi connectivity index (χ0) is 47.8. The van der Waals surface area contributed by atoms with Crippen molar-refractivity contribution in [1.29, 1.82) is 0 Å². The van der Waals surface area contributed by atoms with Crippen molar-refractivity contribution >= 4 is 16.3 Å². The molecule has 0 saturated carbocycles. The summed E-state index contributed by atoms with van der Waals surface area (Å²) in [7, 11) is -5.11. The number of aliphatic hydroxyl groups excluding tert-OH is 5. The fraction of sp³-hybridized carbons (Fsp3) is 0.980. The molecule has 1 saturated heterocycles. The number of unbranched alkanes of at least 4 members (excludes halogenated alkanes) is 34. The summed E-state index contributed by atoms with van der Waals surface area (Å²) < 4.78 is 47.7. The Balaban J connectivity index is 2.45. The van der Waals surface area contributed by atoms with E-state index in [-0.39, 0.29) is 6.42 Å². The molecule has 14 heteroatoms. The molecule has 1 rings (SSSR count). The van der Waals surface area contributed by atoms with Crippen LogP contribution < -0.4 is 5.32 Å². The normalized spacial score (nSPS) is 20.5. The van der Waals surface area contributed by atoms with Gasteiger partial charge in [0.25, 0.3) is 0 Å². The average molecular weight is 952 g/mol. The summed E-state index contributed by atoms with van der Waals surface area (Å²) in [6.07, 6.45) is 34.2. The van der Waals surface area contributed by atoms with Crippen molar-refractivity contribution in [2.45, 2.75) is 307 Å². The number of aliphatic hydroxyl groups is 5. The molecule has 0 bridgehead atoms. The van der Waals surface area contributed by atoms with Gasteiger partial charge < -0.3 is 40.3 Å². The van der Waals surface area contributed by atoms with Gasteiger partial charge in [-0.15, -0.1) is 0 Å². The van der Waals surface area contributed by atoms with E-state index in [9.17, 15) is 43.3 Å². The third-order valence-corrected chi connectivity index (χ3v) is 13.7. The van der Waals surface area contributed by atoms with E-state index in [1.54, 1.807) is 0 Å². The number of nitrogens with one attached hydrogen (secondary N) is 1. The Bertz CT molecular complexity index is 1180. The van der Waals surface area contributed by atoms with Crippen LogP contribution in [0.15, 0.2) is 0 Å². The molecule has 0 aromatic carbocycles. The fourth-order valence-corrected chi connectivity index (χ4v) is 9.51. The van der Waals surface area contributed by atoms with Gasteiger partial charge >= 0.3 is 10.4 Å². The number of carbonyl (C=O) groups is 1. The maximum Gasteiger partial charge on any atom is 0.397 e. The highest BCUT2D eigenvalue weighted by Crippen LogP contribution is 2.26. The van der Waals surface area contributed by atoms with Crippen LogP contribution in [0.1, 0.15) is 258 Å². The predicted octanol–water partition coefficient (Wildman–Crippen LogP) is 10.7. The number of hydrogen-bond acceptors (Lipinski definition) is 11. The van der Waals surface area contributed by atoms with Gasteiger partial charge in [-0.3, -0.25) is 9.35 Å². The highest BCUT2D eigenvalue weighted by Gasteiger charge is 2.48. The molecule has 1 fully saturated rings. The van der Waals surface area contributed by atoms with E-state index in [0.717, 1.165) is 38.5 Å². The molecule has 0 aromatic heterocycles. The van der Waals surface area contributed by atoms with Crippen molar-refractivity contribution in [1.82, 2.24) is 5.32 Å². The standard InChI is InChI=1S/C51H101NO12S/c1-3-5-7-9-11-13-15-17-19-21-22-24-26-28-30-32-34-36-38-40-45(55)50(58)52-43(42-62-51-48(57)49(64-65(59,60)61)47(56)46(41-53)63-51)44(54)39-37-35-33-31-29-27-25-23-20-18-16-14-12-10-8-6-4-2/h43-49,51,53-57H,3-42H2,1-2H3,(H,52,58)(H,59,60,61). The van der Waals surface area contributed by atoms with Crippen LogP contribution in [-0.4, -0.2) is 107 Å². The quantitative estimate of drug-likeness (QED) is 0.0224. The Morgan fingerprint density at radius 3 is 1.23 bits per heavy atom. The van der Waals surface area contributed by atoms with Crippen LogP contribution in [-0.2, 0) is 28.9 Å². The topological polar surface area (TPSA) is 212 Å². The van der Waals surface area contributed by atoms with Crippen LogP contribution in [0.4, 0.5) is 0 Å². The Labute approximate surface area is 397 Å². The molecular weight excluding hydrogens is 851 g/mol.